The molecule has 3 aromatic rings. The molecule has 116 valence electrons. The molecule has 0 saturated heterocycles. The van der Waals surface area contributed by atoms with Crippen LogP contribution in [0.1, 0.15) is 20.0 Å². The van der Waals surface area contributed by atoms with Crippen molar-refractivity contribution in [1.82, 2.24) is 10.6 Å². The van der Waals surface area contributed by atoms with Crippen molar-refractivity contribution in [2.45, 2.75) is 0 Å². The van der Waals surface area contributed by atoms with Gasteiger partial charge in [0.25, 0.3) is 11.8 Å². The van der Waals surface area contributed by atoms with Crippen LogP contribution in [-0.2, 0) is 0 Å². The van der Waals surface area contributed by atoms with Crippen molar-refractivity contribution in [3.63, 3.8) is 0 Å². The van der Waals surface area contributed by atoms with Gasteiger partial charge in [-0.25, -0.2) is 0 Å². The molecule has 23 heavy (non-hydrogen) atoms. The van der Waals surface area contributed by atoms with Crippen molar-refractivity contribution in [2.24, 2.45) is 0 Å². The molecule has 0 unspecified atom stereocenters. The number of benzene rings is 2. The SMILES string of the molecule is O=C(NCCNC(=O)c1cccs1)c1ccc2ccccc2c1. The van der Waals surface area contributed by atoms with E-state index in [2.05, 4.69) is 10.6 Å². The van der Waals surface area contributed by atoms with Gasteiger partial charge in [0, 0.05) is 18.7 Å². The first-order valence-corrected chi connectivity index (χ1v) is 8.21. The van der Waals surface area contributed by atoms with Crippen LogP contribution < -0.4 is 10.6 Å². The topological polar surface area (TPSA) is 58.2 Å². The first-order chi connectivity index (χ1) is 11.2. The zero-order valence-corrected chi connectivity index (χ0v) is 13.2. The van der Waals surface area contributed by atoms with Gasteiger partial charge in [0.2, 0.25) is 0 Å². The van der Waals surface area contributed by atoms with Crippen molar-refractivity contribution < 1.29 is 9.59 Å². The molecule has 0 atom stereocenters. The third kappa shape index (κ3) is 3.76. The van der Waals surface area contributed by atoms with Crippen LogP contribution in [0.3, 0.4) is 0 Å². The Morgan fingerprint density at radius 1 is 0.826 bits per heavy atom. The highest BCUT2D eigenvalue weighted by molar-refractivity contribution is 7.12. The highest BCUT2D eigenvalue weighted by Crippen LogP contribution is 2.15. The lowest BCUT2D eigenvalue weighted by atomic mass is 10.1. The fraction of sp³-hybridized carbons (Fsp3) is 0.111. The summed E-state index contributed by atoms with van der Waals surface area (Å²) in [7, 11) is 0. The zero-order valence-electron chi connectivity index (χ0n) is 12.4. The molecule has 5 heteroatoms. The maximum absolute atomic E-state index is 12.1. The second-order valence-corrected chi connectivity index (χ2v) is 6.00. The molecule has 2 N–H and O–H groups in total. The molecule has 0 spiro atoms. The molecular formula is C18H16N2O2S. The number of carbonyl (C=O) groups is 2. The van der Waals surface area contributed by atoms with Gasteiger partial charge >= 0.3 is 0 Å². The van der Waals surface area contributed by atoms with Gasteiger partial charge in [-0.1, -0.05) is 36.4 Å². The summed E-state index contributed by atoms with van der Waals surface area (Å²) in [5.74, 6) is -0.249. The Morgan fingerprint density at radius 2 is 1.57 bits per heavy atom. The number of thiophene rings is 1. The molecule has 3 rings (SSSR count). The number of amides is 2. The van der Waals surface area contributed by atoms with Gasteiger partial charge in [-0.05, 0) is 34.4 Å². The maximum Gasteiger partial charge on any atom is 0.261 e. The Balaban J connectivity index is 1.51. The summed E-state index contributed by atoms with van der Waals surface area (Å²) in [5, 5.41) is 9.59. The van der Waals surface area contributed by atoms with E-state index in [-0.39, 0.29) is 11.8 Å². The third-order valence-electron chi connectivity index (χ3n) is 3.45. The lowest BCUT2D eigenvalue weighted by Crippen LogP contribution is -2.34. The molecule has 1 heterocycles. The molecule has 0 radical (unpaired) electrons. The van der Waals surface area contributed by atoms with Gasteiger partial charge in [-0.2, -0.15) is 0 Å². The standard InChI is InChI=1S/C18H16N2O2S/c21-17(15-8-7-13-4-1-2-5-14(13)12-15)19-9-10-20-18(22)16-6-3-11-23-16/h1-8,11-12H,9-10H2,(H,19,21)(H,20,22). The number of nitrogens with one attached hydrogen (secondary N) is 2. The molecule has 0 aliphatic carbocycles. The van der Waals surface area contributed by atoms with Crippen LogP contribution in [-0.4, -0.2) is 24.9 Å². The summed E-state index contributed by atoms with van der Waals surface area (Å²) in [6, 6.07) is 17.1. The Bertz CT molecular complexity index is 828. The van der Waals surface area contributed by atoms with E-state index in [0.717, 1.165) is 10.8 Å². The second-order valence-electron chi connectivity index (χ2n) is 5.05. The minimum absolute atomic E-state index is 0.111. The Morgan fingerprint density at radius 3 is 2.30 bits per heavy atom. The molecule has 4 nitrogen and oxygen atoms in total. The van der Waals surface area contributed by atoms with Crippen LogP contribution in [0, 0.1) is 0 Å². The van der Waals surface area contributed by atoms with Crippen molar-refractivity contribution in [3.05, 3.63) is 70.4 Å². The van der Waals surface area contributed by atoms with Gasteiger partial charge in [0.15, 0.2) is 0 Å². The van der Waals surface area contributed by atoms with E-state index in [1.54, 1.807) is 6.07 Å². The molecule has 1 aromatic heterocycles. The Kier molecular flexibility index (Phi) is 4.68. The fourth-order valence-corrected chi connectivity index (χ4v) is 2.92. The summed E-state index contributed by atoms with van der Waals surface area (Å²) in [5.41, 5.74) is 0.619. The molecule has 2 amide bonds. The molecule has 0 fully saturated rings. The number of rotatable bonds is 5. The van der Waals surface area contributed by atoms with Crippen molar-refractivity contribution in [3.8, 4) is 0 Å². The number of fused-ring (bicyclic) bond motifs is 1. The van der Waals surface area contributed by atoms with Crippen LogP contribution in [0.15, 0.2) is 60.0 Å². The predicted molar refractivity (Wildman–Crippen MR) is 92.9 cm³/mol. The summed E-state index contributed by atoms with van der Waals surface area (Å²) in [6.45, 7) is 0.791. The third-order valence-corrected chi connectivity index (χ3v) is 4.32. The zero-order chi connectivity index (χ0) is 16.1. The number of carbonyl (C=O) groups excluding carboxylic acids is 2. The fourth-order valence-electron chi connectivity index (χ4n) is 2.28. The monoisotopic (exact) mass is 324 g/mol. The minimum atomic E-state index is -0.138. The van der Waals surface area contributed by atoms with E-state index < -0.39 is 0 Å². The molecular weight excluding hydrogens is 308 g/mol. The van der Waals surface area contributed by atoms with Crippen LogP contribution >= 0.6 is 11.3 Å². The molecule has 0 aliphatic rings. The Labute approximate surface area is 138 Å². The van der Waals surface area contributed by atoms with Gasteiger partial charge in [-0.3, -0.25) is 9.59 Å². The van der Waals surface area contributed by atoms with Crippen molar-refractivity contribution in [2.75, 3.05) is 13.1 Å². The first-order valence-electron chi connectivity index (χ1n) is 7.33. The van der Waals surface area contributed by atoms with Crippen molar-refractivity contribution in [1.29, 1.82) is 0 Å². The Hall–Kier alpha value is -2.66. The quantitative estimate of drug-likeness (QED) is 0.709. The van der Waals surface area contributed by atoms with E-state index in [1.165, 1.54) is 11.3 Å². The number of hydrogen-bond donors (Lipinski definition) is 2. The minimum Gasteiger partial charge on any atom is -0.350 e. The van der Waals surface area contributed by atoms with Crippen LogP contribution in [0.4, 0.5) is 0 Å². The van der Waals surface area contributed by atoms with E-state index in [4.69, 9.17) is 0 Å². The smallest absolute Gasteiger partial charge is 0.261 e. The molecule has 0 aliphatic heterocycles. The molecule has 0 saturated carbocycles. The molecule has 0 bridgehead atoms. The van der Waals surface area contributed by atoms with Crippen LogP contribution in [0.25, 0.3) is 10.8 Å². The van der Waals surface area contributed by atoms with E-state index >= 15 is 0 Å². The predicted octanol–water partition coefficient (Wildman–Crippen LogP) is 3.06. The summed E-state index contributed by atoms with van der Waals surface area (Å²) in [4.78, 5) is 24.6. The van der Waals surface area contributed by atoms with Gasteiger partial charge < -0.3 is 10.6 Å². The average molecular weight is 324 g/mol. The number of hydrogen-bond acceptors (Lipinski definition) is 3. The highest BCUT2D eigenvalue weighted by atomic mass is 32.1. The van der Waals surface area contributed by atoms with Crippen molar-refractivity contribution >= 4 is 33.9 Å². The van der Waals surface area contributed by atoms with E-state index in [9.17, 15) is 9.59 Å². The van der Waals surface area contributed by atoms with Crippen LogP contribution in [0.2, 0.25) is 0 Å². The lowest BCUT2D eigenvalue weighted by molar-refractivity contribution is 0.0929. The van der Waals surface area contributed by atoms with Gasteiger partial charge in [0.05, 0.1) is 4.88 Å². The lowest BCUT2D eigenvalue weighted by Gasteiger charge is -2.07. The average Bonchev–Trinajstić information content (AvgIpc) is 3.12. The summed E-state index contributed by atoms with van der Waals surface area (Å²) in [6.07, 6.45) is 0. The largest absolute Gasteiger partial charge is 0.350 e. The second kappa shape index (κ2) is 7.07. The normalized spacial score (nSPS) is 10.4. The van der Waals surface area contributed by atoms with Gasteiger partial charge in [-0.15, -0.1) is 11.3 Å². The van der Waals surface area contributed by atoms with Crippen LogP contribution in [0.5, 0.6) is 0 Å². The molecule has 2 aromatic carbocycles. The first kappa shape index (κ1) is 15.2. The summed E-state index contributed by atoms with van der Waals surface area (Å²) < 4.78 is 0. The maximum atomic E-state index is 12.1. The van der Waals surface area contributed by atoms with E-state index in [1.807, 2.05) is 53.9 Å². The van der Waals surface area contributed by atoms with E-state index in [0.29, 0.717) is 23.5 Å². The van der Waals surface area contributed by atoms with Gasteiger partial charge in [0.1, 0.15) is 0 Å². The highest BCUT2D eigenvalue weighted by Gasteiger charge is 2.07. The summed E-state index contributed by atoms with van der Waals surface area (Å²) >= 11 is 1.39.